The molecule has 0 bridgehead atoms. The Morgan fingerprint density at radius 3 is 1.91 bits per heavy atom. The summed E-state index contributed by atoms with van der Waals surface area (Å²) < 4.78 is 27.4. The molecule has 0 aromatic heterocycles. The molecule has 2 aromatic carbocycles. The lowest BCUT2D eigenvalue weighted by Crippen LogP contribution is -2.36. The molecule has 1 atom stereocenters. The average Bonchev–Trinajstić information content (AvgIpc) is 2.82. The summed E-state index contributed by atoms with van der Waals surface area (Å²) in [6, 6.07) is 10.9. The van der Waals surface area contributed by atoms with E-state index in [1.54, 1.807) is 25.3 Å². The van der Waals surface area contributed by atoms with Crippen LogP contribution >= 0.6 is 0 Å². The van der Waals surface area contributed by atoms with Crippen LogP contribution in [0.25, 0.3) is 11.6 Å². The highest BCUT2D eigenvalue weighted by atomic mass is 16.6. The second-order valence-electron chi connectivity index (χ2n) is 6.97. The highest BCUT2D eigenvalue weighted by Gasteiger charge is 2.23. The summed E-state index contributed by atoms with van der Waals surface area (Å²) >= 11 is 0. The van der Waals surface area contributed by atoms with Crippen molar-refractivity contribution in [3.63, 3.8) is 0 Å². The lowest BCUT2D eigenvalue weighted by molar-refractivity contribution is -0.149. The largest absolute Gasteiger partial charge is 0.497 e. The maximum atomic E-state index is 13.3. The standard InChI is InChI=1S/C25H33NO6/c1-8-26(9-2)17(3)32-25(27)21(14-18-10-12-20(28-4)13-11-18)19-15-22(29-5)24(31-7)23(16-19)30-6/h10-17H,8-9H2,1-7H3. The van der Waals surface area contributed by atoms with Crippen LogP contribution in [0, 0.1) is 0 Å². The molecular formula is C25H33NO6. The molecule has 2 rings (SSSR count). The van der Waals surface area contributed by atoms with Gasteiger partial charge >= 0.3 is 5.97 Å². The minimum Gasteiger partial charge on any atom is -0.497 e. The van der Waals surface area contributed by atoms with Crippen molar-refractivity contribution in [1.82, 2.24) is 4.90 Å². The van der Waals surface area contributed by atoms with Crippen LogP contribution in [-0.2, 0) is 9.53 Å². The van der Waals surface area contributed by atoms with Crippen molar-refractivity contribution >= 4 is 17.6 Å². The number of rotatable bonds is 11. The Bertz CT molecular complexity index is 894. The topological polar surface area (TPSA) is 66.5 Å². The molecule has 0 aliphatic heterocycles. The number of benzene rings is 2. The molecule has 32 heavy (non-hydrogen) atoms. The molecule has 2 aromatic rings. The van der Waals surface area contributed by atoms with Crippen molar-refractivity contribution in [1.29, 1.82) is 0 Å². The molecule has 174 valence electrons. The maximum absolute atomic E-state index is 13.3. The van der Waals surface area contributed by atoms with Gasteiger partial charge < -0.3 is 23.7 Å². The Kier molecular flexibility index (Phi) is 9.40. The van der Waals surface area contributed by atoms with E-state index < -0.39 is 5.97 Å². The molecule has 0 spiro atoms. The third kappa shape index (κ3) is 5.95. The van der Waals surface area contributed by atoms with Crippen LogP contribution in [-0.4, -0.2) is 58.6 Å². The minimum absolute atomic E-state index is 0.369. The first-order valence-electron chi connectivity index (χ1n) is 10.5. The molecule has 7 nitrogen and oxygen atoms in total. The Hall–Kier alpha value is -3.19. The molecule has 1 unspecified atom stereocenters. The number of carbonyl (C=O) groups excluding carboxylic acids is 1. The van der Waals surface area contributed by atoms with Gasteiger partial charge in [-0.15, -0.1) is 0 Å². The number of methoxy groups -OCH3 is 4. The van der Waals surface area contributed by atoms with Gasteiger partial charge in [-0.3, -0.25) is 4.90 Å². The van der Waals surface area contributed by atoms with Gasteiger partial charge in [0.15, 0.2) is 17.7 Å². The zero-order chi connectivity index (χ0) is 23.7. The smallest absolute Gasteiger partial charge is 0.340 e. The van der Waals surface area contributed by atoms with E-state index in [4.69, 9.17) is 23.7 Å². The number of nitrogens with zero attached hydrogens (tertiary/aromatic N) is 1. The number of carbonyl (C=O) groups is 1. The number of esters is 1. The van der Waals surface area contributed by atoms with Crippen molar-refractivity contribution in [2.45, 2.75) is 27.0 Å². The Morgan fingerprint density at radius 2 is 1.47 bits per heavy atom. The first-order chi connectivity index (χ1) is 15.4. The lowest BCUT2D eigenvalue weighted by Gasteiger charge is -2.26. The maximum Gasteiger partial charge on any atom is 0.340 e. The van der Waals surface area contributed by atoms with Crippen molar-refractivity contribution in [2.24, 2.45) is 0 Å². The molecule has 0 heterocycles. The Labute approximate surface area is 190 Å². The van der Waals surface area contributed by atoms with Gasteiger partial charge in [-0.05, 0) is 61.5 Å². The molecule has 0 saturated carbocycles. The molecule has 0 aliphatic rings. The van der Waals surface area contributed by atoms with Crippen LogP contribution in [0.5, 0.6) is 23.0 Å². The van der Waals surface area contributed by atoms with Crippen molar-refractivity contribution < 1.29 is 28.5 Å². The van der Waals surface area contributed by atoms with Crippen LogP contribution in [0.15, 0.2) is 36.4 Å². The highest BCUT2D eigenvalue weighted by molar-refractivity contribution is 6.21. The summed E-state index contributed by atoms with van der Waals surface area (Å²) in [6.07, 6.45) is 1.40. The molecule has 0 aliphatic carbocycles. The molecule has 0 N–H and O–H groups in total. The fourth-order valence-electron chi connectivity index (χ4n) is 3.39. The number of hydrogen-bond acceptors (Lipinski definition) is 7. The van der Waals surface area contributed by atoms with E-state index in [1.165, 1.54) is 21.3 Å². The third-order valence-electron chi connectivity index (χ3n) is 5.23. The molecule has 0 radical (unpaired) electrons. The van der Waals surface area contributed by atoms with Crippen LogP contribution in [0.3, 0.4) is 0 Å². The highest BCUT2D eigenvalue weighted by Crippen LogP contribution is 2.40. The van der Waals surface area contributed by atoms with Crippen molar-refractivity contribution in [2.75, 3.05) is 41.5 Å². The van der Waals surface area contributed by atoms with E-state index in [9.17, 15) is 4.79 Å². The van der Waals surface area contributed by atoms with Gasteiger partial charge in [-0.25, -0.2) is 4.79 Å². The van der Waals surface area contributed by atoms with Crippen molar-refractivity contribution in [3.05, 3.63) is 47.5 Å². The average molecular weight is 444 g/mol. The van der Waals surface area contributed by atoms with E-state index in [2.05, 4.69) is 4.90 Å². The lowest BCUT2D eigenvalue weighted by atomic mass is 10.0. The fourth-order valence-corrected chi connectivity index (χ4v) is 3.39. The molecule has 0 fully saturated rings. The molecule has 0 saturated heterocycles. The third-order valence-corrected chi connectivity index (χ3v) is 5.23. The number of hydrogen-bond donors (Lipinski definition) is 0. The second-order valence-corrected chi connectivity index (χ2v) is 6.97. The summed E-state index contributed by atoms with van der Waals surface area (Å²) in [5.41, 5.74) is 1.78. The van der Waals surface area contributed by atoms with Gasteiger partial charge in [0.2, 0.25) is 5.75 Å². The molecule has 0 amide bonds. The van der Waals surface area contributed by atoms with Gasteiger partial charge in [0.05, 0.1) is 34.0 Å². The number of ether oxygens (including phenoxy) is 5. The first-order valence-corrected chi connectivity index (χ1v) is 10.5. The SMILES string of the molecule is CCN(CC)C(C)OC(=O)C(=Cc1ccc(OC)cc1)c1cc(OC)c(OC)c(OC)c1. The quantitative estimate of drug-likeness (QED) is 0.219. The van der Waals surface area contributed by atoms with Gasteiger partial charge in [0.1, 0.15) is 5.75 Å². The van der Waals surface area contributed by atoms with E-state index in [-0.39, 0.29) is 6.23 Å². The first kappa shape index (κ1) is 25.1. The monoisotopic (exact) mass is 443 g/mol. The predicted octanol–water partition coefficient (Wildman–Crippen LogP) is 4.49. The molecule has 7 heteroatoms. The van der Waals surface area contributed by atoms with E-state index in [1.807, 2.05) is 45.0 Å². The van der Waals surface area contributed by atoms with Crippen molar-refractivity contribution in [3.8, 4) is 23.0 Å². The normalized spacial score (nSPS) is 12.3. The summed E-state index contributed by atoms with van der Waals surface area (Å²) in [6.45, 7) is 7.46. The van der Waals surface area contributed by atoms with Crippen LogP contribution in [0.2, 0.25) is 0 Å². The summed E-state index contributed by atoms with van der Waals surface area (Å²) in [4.78, 5) is 15.4. The summed E-state index contributed by atoms with van der Waals surface area (Å²) in [5, 5.41) is 0. The zero-order valence-electron chi connectivity index (χ0n) is 19.9. The van der Waals surface area contributed by atoms with E-state index >= 15 is 0 Å². The predicted molar refractivity (Wildman–Crippen MR) is 125 cm³/mol. The Balaban J connectivity index is 2.57. The van der Waals surface area contributed by atoms with Gasteiger partial charge in [0, 0.05) is 0 Å². The van der Waals surface area contributed by atoms with E-state index in [0.29, 0.717) is 28.4 Å². The zero-order valence-corrected chi connectivity index (χ0v) is 19.9. The summed E-state index contributed by atoms with van der Waals surface area (Å²) in [7, 11) is 6.22. The summed E-state index contributed by atoms with van der Waals surface area (Å²) in [5.74, 6) is 1.63. The van der Waals surface area contributed by atoms with Crippen LogP contribution in [0.4, 0.5) is 0 Å². The Morgan fingerprint density at radius 1 is 0.906 bits per heavy atom. The van der Waals surface area contributed by atoms with Gasteiger partial charge in [-0.1, -0.05) is 26.0 Å². The van der Waals surface area contributed by atoms with Gasteiger partial charge in [-0.2, -0.15) is 0 Å². The second kappa shape index (κ2) is 12.0. The minimum atomic E-state index is -0.450. The van der Waals surface area contributed by atoms with E-state index in [0.717, 1.165) is 24.4 Å². The fraction of sp³-hybridized carbons (Fsp3) is 0.400. The van der Waals surface area contributed by atoms with Crippen LogP contribution < -0.4 is 18.9 Å². The van der Waals surface area contributed by atoms with Crippen LogP contribution in [0.1, 0.15) is 31.9 Å². The van der Waals surface area contributed by atoms with Gasteiger partial charge in [0.25, 0.3) is 0 Å². The molecular weight excluding hydrogens is 410 g/mol.